The molecule has 0 radical (unpaired) electrons. The Morgan fingerprint density at radius 2 is 1.66 bits per heavy atom. The number of hydrogen-bond acceptors (Lipinski definition) is 6. The van der Waals surface area contributed by atoms with Crippen molar-refractivity contribution in [3.63, 3.8) is 0 Å². The summed E-state index contributed by atoms with van der Waals surface area (Å²) in [5.41, 5.74) is 14.8. The van der Waals surface area contributed by atoms with Gasteiger partial charge in [-0.15, -0.1) is 0 Å². The first-order valence-electron chi connectivity index (χ1n) is 10.5. The molecule has 1 heterocycles. The van der Waals surface area contributed by atoms with E-state index in [2.05, 4.69) is 0 Å². The highest BCUT2D eigenvalue weighted by Gasteiger charge is 2.35. The summed E-state index contributed by atoms with van der Waals surface area (Å²) in [5, 5.41) is 0. The number of carbonyl (C=O) groups is 2. The lowest BCUT2D eigenvalue weighted by Crippen LogP contribution is -2.55. The normalized spacial score (nSPS) is 18.1. The third kappa shape index (κ3) is 4.85. The fraction of sp³-hybridized carbons (Fsp3) is 0.391. The van der Waals surface area contributed by atoms with Crippen LogP contribution in [0.3, 0.4) is 0 Å². The number of fused-ring (bicyclic) bond motifs is 1. The molecule has 9 heteroatoms. The van der Waals surface area contributed by atoms with Crippen molar-refractivity contribution < 1.29 is 18.0 Å². The molecule has 0 aliphatic carbocycles. The molecule has 2 amide bonds. The maximum atomic E-state index is 13.2. The van der Waals surface area contributed by atoms with E-state index in [-0.39, 0.29) is 28.8 Å². The highest BCUT2D eigenvalue weighted by molar-refractivity contribution is 7.90. The van der Waals surface area contributed by atoms with E-state index < -0.39 is 15.9 Å². The van der Waals surface area contributed by atoms with Crippen LogP contribution in [-0.2, 0) is 19.4 Å². The summed E-state index contributed by atoms with van der Waals surface area (Å²) in [7, 11) is -3.30. The van der Waals surface area contributed by atoms with Gasteiger partial charge in [-0.05, 0) is 55.7 Å². The number of anilines is 2. The Morgan fingerprint density at radius 1 is 1.06 bits per heavy atom. The topological polar surface area (TPSA) is 127 Å². The van der Waals surface area contributed by atoms with Crippen LogP contribution in [0.1, 0.15) is 27.2 Å². The van der Waals surface area contributed by atoms with E-state index in [1.165, 1.54) is 6.92 Å². The molecule has 32 heavy (non-hydrogen) atoms. The van der Waals surface area contributed by atoms with E-state index in [9.17, 15) is 18.0 Å². The van der Waals surface area contributed by atoms with Gasteiger partial charge in [0, 0.05) is 25.8 Å². The zero-order valence-electron chi connectivity index (χ0n) is 18.8. The number of nitrogens with two attached hydrogens (primary N) is 2. The molecular formula is C23H30N4O4S. The summed E-state index contributed by atoms with van der Waals surface area (Å²) in [6.45, 7) is 5.50. The fourth-order valence-corrected chi connectivity index (χ4v) is 4.72. The van der Waals surface area contributed by atoms with Gasteiger partial charge in [0.25, 0.3) is 0 Å². The standard InChI is InChI=1S/C23H30N4O4S/c1-14(24)11-20(25)23(29)26-13-15(2)27(16(3)28)21-10-7-18(12-22(21)26)17-5-8-19(9-6-17)32(4,30)31/h5-10,12,14-15,20H,11,13,24-25H2,1-4H3/t14?,15-,20?/m0/s1. The average molecular weight is 459 g/mol. The molecule has 0 spiro atoms. The van der Waals surface area contributed by atoms with Crippen molar-refractivity contribution in [3.8, 4) is 11.1 Å². The predicted molar refractivity (Wildman–Crippen MR) is 126 cm³/mol. The van der Waals surface area contributed by atoms with E-state index in [0.29, 0.717) is 24.3 Å². The minimum atomic E-state index is -3.30. The lowest BCUT2D eigenvalue weighted by molar-refractivity contribution is -0.121. The van der Waals surface area contributed by atoms with Gasteiger partial charge < -0.3 is 21.3 Å². The number of sulfone groups is 1. The Kier molecular flexibility index (Phi) is 6.73. The van der Waals surface area contributed by atoms with Gasteiger partial charge in [-0.3, -0.25) is 9.59 Å². The van der Waals surface area contributed by atoms with Crippen LogP contribution in [0.15, 0.2) is 47.4 Å². The first kappa shape index (κ1) is 23.9. The zero-order chi connectivity index (χ0) is 23.8. The predicted octanol–water partition coefficient (Wildman–Crippen LogP) is 1.91. The summed E-state index contributed by atoms with van der Waals surface area (Å²) in [6, 6.07) is 10.9. The molecule has 1 aliphatic heterocycles. The Morgan fingerprint density at radius 3 is 2.19 bits per heavy atom. The van der Waals surface area contributed by atoms with Crippen LogP contribution >= 0.6 is 0 Å². The van der Waals surface area contributed by atoms with Gasteiger partial charge in [-0.1, -0.05) is 18.2 Å². The fourth-order valence-electron chi connectivity index (χ4n) is 4.09. The lowest BCUT2D eigenvalue weighted by atomic mass is 9.99. The molecule has 4 N–H and O–H groups in total. The monoisotopic (exact) mass is 458 g/mol. The minimum Gasteiger partial charge on any atom is -0.328 e. The molecule has 2 aromatic carbocycles. The molecule has 2 aromatic rings. The molecule has 3 atom stereocenters. The molecule has 0 saturated carbocycles. The van der Waals surface area contributed by atoms with Crippen LogP contribution in [-0.4, -0.2) is 51.2 Å². The van der Waals surface area contributed by atoms with Crippen molar-refractivity contribution in [3.05, 3.63) is 42.5 Å². The number of amides is 2. The number of rotatable bonds is 5. The highest BCUT2D eigenvalue weighted by atomic mass is 32.2. The van der Waals surface area contributed by atoms with Crippen LogP contribution in [0.25, 0.3) is 11.1 Å². The quantitative estimate of drug-likeness (QED) is 0.705. The van der Waals surface area contributed by atoms with Crippen LogP contribution in [0.4, 0.5) is 11.4 Å². The smallest absolute Gasteiger partial charge is 0.244 e. The second-order valence-corrected chi connectivity index (χ2v) is 10.5. The van der Waals surface area contributed by atoms with Crippen LogP contribution in [0.2, 0.25) is 0 Å². The molecule has 2 unspecified atom stereocenters. The van der Waals surface area contributed by atoms with Crippen molar-refractivity contribution in [2.24, 2.45) is 11.5 Å². The third-order valence-electron chi connectivity index (χ3n) is 5.58. The number of carbonyl (C=O) groups excluding carboxylic acids is 2. The molecule has 0 aromatic heterocycles. The van der Waals surface area contributed by atoms with Crippen molar-refractivity contribution in [1.29, 1.82) is 0 Å². The third-order valence-corrected chi connectivity index (χ3v) is 6.71. The molecule has 0 fully saturated rings. The molecule has 0 bridgehead atoms. The summed E-state index contributed by atoms with van der Waals surface area (Å²) in [4.78, 5) is 29.1. The van der Waals surface area contributed by atoms with Crippen molar-refractivity contribution in [1.82, 2.24) is 0 Å². The number of nitrogens with zero attached hydrogens (tertiary/aromatic N) is 2. The summed E-state index contributed by atoms with van der Waals surface area (Å²) < 4.78 is 23.5. The Bertz CT molecular complexity index is 1130. The first-order valence-corrected chi connectivity index (χ1v) is 12.4. The molecule has 8 nitrogen and oxygen atoms in total. The maximum Gasteiger partial charge on any atom is 0.244 e. The summed E-state index contributed by atoms with van der Waals surface area (Å²) >= 11 is 0. The van der Waals surface area contributed by atoms with Gasteiger partial charge in [-0.2, -0.15) is 0 Å². The van der Waals surface area contributed by atoms with Crippen molar-refractivity contribution in [2.45, 2.75) is 50.2 Å². The lowest BCUT2D eigenvalue weighted by Gasteiger charge is -2.41. The highest BCUT2D eigenvalue weighted by Crippen LogP contribution is 2.39. The largest absolute Gasteiger partial charge is 0.328 e. The van der Waals surface area contributed by atoms with Gasteiger partial charge in [0.2, 0.25) is 11.8 Å². The SMILES string of the molecule is CC(=O)N1c2ccc(-c3ccc(S(C)(=O)=O)cc3)cc2N(C(=O)C(N)CC(C)N)C[C@@H]1C. The number of hydrogen-bond donors (Lipinski definition) is 2. The molecule has 1 aliphatic rings. The Hall–Kier alpha value is -2.75. The van der Waals surface area contributed by atoms with Crippen molar-refractivity contribution >= 4 is 33.0 Å². The van der Waals surface area contributed by atoms with Gasteiger partial charge in [0.15, 0.2) is 9.84 Å². The van der Waals surface area contributed by atoms with Gasteiger partial charge in [0.1, 0.15) is 0 Å². The van der Waals surface area contributed by atoms with Gasteiger partial charge in [0.05, 0.1) is 28.4 Å². The average Bonchev–Trinajstić information content (AvgIpc) is 2.71. The Labute approximate surface area is 189 Å². The van der Waals surface area contributed by atoms with E-state index in [1.54, 1.807) is 41.0 Å². The number of benzene rings is 2. The van der Waals surface area contributed by atoms with E-state index in [1.807, 2.05) is 25.1 Å². The second-order valence-electron chi connectivity index (χ2n) is 8.51. The van der Waals surface area contributed by atoms with Crippen LogP contribution < -0.4 is 21.3 Å². The second kappa shape index (κ2) is 9.01. The molecule has 3 rings (SSSR count). The van der Waals surface area contributed by atoms with Gasteiger partial charge >= 0.3 is 0 Å². The molecule has 172 valence electrons. The maximum absolute atomic E-state index is 13.2. The van der Waals surface area contributed by atoms with E-state index in [4.69, 9.17) is 11.5 Å². The first-order chi connectivity index (χ1) is 14.9. The van der Waals surface area contributed by atoms with E-state index in [0.717, 1.165) is 17.4 Å². The van der Waals surface area contributed by atoms with Gasteiger partial charge in [-0.25, -0.2) is 8.42 Å². The molecular weight excluding hydrogens is 428 g/mol. The molecule has 0 saturated heterocycles. The minimum absolute atomic E-state index is 0.115. The summed E-state index contributed by atoms with van der Waals surface area (Å²) in [6.07, 6.45) is 1.51. The van der Waals surface area contributed by atoms with Crippen molar-refractivity contribution in [2.75, 3.05) is 22.6 Å². The summed E-state index contributed by atoms with van der Waals surface area (Å²) in [5.74, 6) is -0.362. The van der Waals surface area contributed by atoms with Crippen LogP contribution in [0.5, 0.6) is 0 Å². The van der Waals surface area contributed by atoms with Crippen LogP contribution in [0, 0.1) is 0 Å². The zero-order valence-corrected chi connectivity index (χ0v) is 19.6. The Balaban J connectivity index is 2.07. The van der Waals surface area contributed by atoms with E-state index >= 15 is 0 Å².